The van der Waals surface area contributed by atoms with E-state index < -0.39 is 15.6 Å². The summed E-state index contributed by atoms with van der Waals surface area (Å²) in [4.78, 5) is -0.111. The highest BCUT2D eigenvalue weighted by molar-refractivity contribution is 7.89. The summed E-state index contributed by atoms with van der Waals surface area (Å²) in [5.41, 5.74) is -0.400. The molecule has 0 fully saturated rings. The Labute approximate surface area is 118 Å². The molecule has 7 heteroatoms. The summed E-state index contributed by atoms with van der Waals surface area (Å²) in [6, 6.07) is 5.96. The van der Waals surface area contributed by atoms with Crippen LogP contribution in [0.2, 0.25) is 5.02 Å². The zero-order chi connectivity index (χ0) is 14.7. The molecule has 0 radical (unpaired) electrons. The van der Waals surface area contributed by atoms with Crippen molar-refractivity contribution in [3.63, 3.8) is 0 Å². The van der Waals surface area contributed by atoms with Gasteiger partial charge in [-0.15, -0.1) is 0 Å². The summed E-state index contributed by atoms with van der Waals surface area (Å²) >= 11 is 5.86. The van der Waals surface area contributed by atoms with E-state index in [1.807, 2.05) is 6.07 Å². The van der Waals surface area contributed by atoms with Crippen LogP contribution in [0, 0.1) is 11.3 Å². The Morgan fingerprint density at radius 3 is 2.63 bits per heavy atom. The molecule has 0 unspecified atom stereocenters. The van der Waals surface area contributed by atoms with E-state index in [1.165, 1.54) is 25.3 Å². The minimum absolute atomic E-state index is 0.0710. The van der Waals surface area contributed by atoms with Gasteiger partial charge in [0.15, 0.2) is 0 Å². The van der Waals surface area contributed by atoms with Crippen LogP contribution in [0.3, 0.4) is 0 Å². The molecule has 5 nitrogen and oxygen atoms in total. The molecule has 0 aliphatic heterocycles. The number of rotatable bonds is 5. The molecular formula is C12H15ClN2O3S. The number of hydrogen-bond acceptors (Lipinski definition) is 4. The molecule has 1 rings (SSSR count). The third-order valence-electron chi connectivity index (χ3n) is 2.59. The van der Waals surface area contributed by atoms with Gasteiger partial charge in [-0.2, -0.15) is 5.26 Å². The molecule has 0 bridgehead atoms. The quantitative estimate of drug-likeness (QED) is 0.901. The number of sulfonamides is 1. The molecule has 0 heterocycles. The number of halogens is 1. The van der Waals surface area contributed by atoms with Gasteiger partial charge >= 0.3 is 0 Å². The van der Waals surface area contributed by atoms with Crippen molar-refractivity contribution < 1.29 is 13.2 Å². The zero-order valence-corrected chi connectivity index (χ0v) is 12.5. The summed E-state index contributed by atoms with van der Waals surface area (Å²) in [6.45, 7) is 3.60. The van der Waals surface area contributed by atoms with Crippen LogP contribution in [0.4, 0.5) is 0 Å². The first-order valence-electron chi connectivity index (χ1n) is 5.46. The molecule has 104 valence electrons. The molecule has 19 heavy (non-hydrogen) atoms. The van der Waals surface area contributed by atoms with Crippen LogP contribution in [0.1, 0.15) is 19.4 Å². The van der Waals surface area contributed by atoms with Gasteiger partial charge in [0.2, 0.25) is 10.0 Å². The van der Waals surface area contributed by atoms with Crippen molar-refractivity contribution in [3.8, 4) is 6.07 Å². The van der Waals surface area contributed by atoms with Gasteiger partial charge in [0.1, 0.15) is 4.90 Å². The third-order valence-corrected chi connectivity index (χ3v) is 4.47. The number of ether oxygens (including phenoxy) is 1. The van der Waals surface area contributed by atoms with Gasteiger partial charge < -0.3 is 4.74 Å². The van der Waals surface area contributed by atoms with Crippen molar-refractivity contribution >= 4 is 21.6 Å². The molecular weight excluding hydrogens is 288 g/mol. The maximum Gasteiger partial charge on any atom is 0.242 e. The van der Waals surface area contributed by atoms with Gasteiger partial charge in [0.25, 0.3) is 0 Å². The molecule has 0 aromatic heterocycles. The van der Waals surface area contributed by atoms with Crippen molar-refractivity contribution in [1.82, 2.24) is 4.72 Å². The average molecular weight is 303 g/mol. The van der Waals surface area contributed by atoms with Crippen molar-refractivity contribution in [2.45, 2.75) is 24.3 Å². The third kappa shape index (κ3) is 4.18. The Balaban J connectivity index is 3.05. The Bertz CT molecular complexity index is 606. The Morgan fingerprint density at radius 1 is 1.47 bits per heavy atom. The lowest BCUT2D eigenvalue weighted by atomic mass is 10.1. The Hall–Kier alpha value is -1.13. The fourth-order valence-corrected chi connectivity index (χ4v) is 2.92. The number of nitriles is 1. The molecule has 0 saturated heterocycles. The van der Waals surface area contributed by atoms with Crippen LogP contribution in [0.25, 0.3) is 0 Å². The SMILES string of the molecule is COC(C)(C)CNS(=O)(=O)c1cc(C#N)ccc1Cl. The van der Waals surface area contributed by atoms with Gasteiger partial charge in [-0.3, -0.25) is 0 Å². The second-order valence-electron chi connectivity index (χ2n) is 4.55. The molecule has 1 aromatic rings. The van der Waals surface area contributed by atoms with E-state index in [1.54, 1.807) is 13.8 Å². The molecule has 0 aliphatic carbocycles. The fourth-order valence-electron chi connectivity index (χ4n) is 1.20. The number of hydrogen-bond donors (Lipinski definition) is 1. The largest absolute Gasteiger partial charge is 0.377 e. The van der Waals surface area contributed by atoms with Gasteiger partial charge in [-0.05, 0) is 32.0 Å². The van der Waals surface area contributed by atoms with Gasteiger partial charge in [0, 0.05) is 13.7 Å². The topological polar surface area (TPSA) is 79.2 Å². The van der Waals surface area contributed by atoms with E-state index >= 15 is 0 Å². The standard InChI is InChI=1S/C12H15ClN2O3S/c1-12(2,18-3)8-15-19(16,17)11-6-9(7-14)4-5-10(11)13/h4-6,15H,8H2,1-3H3. The molecule has 1 aromatic carbocycles. The first-order chi connectivity index (χ1) is 8.72. The highest BCUT2D eigenvalue weighted by atomic mass is 35.5. The zero-order valence-electron chi connectivity index (χ0n) is 10.9. The fraction of sp³-hybridized carbons (Fsp3) is 0.417. The second-order valence-corrected chi connectivity index (χ2v) is 6.69. The van der Waals surface area contributed by atoms with Crippen molar-refractivity contribution in [2.75, 3.05) is 13.7 Å². The van der Waals surface area contributed by atoms with E-state index in [2.05, 4.69) is 4.72 Å². The van der Waals surface area contributed by atoms with E-state index in [9.17, 15) is 8.42 Å². The van der Waals surface area contributed by atoms with E-state index in [-0.39, 0.29) is 22.0 Å². The number of nitrogens with one attached hydrogen (secondary N) is 1. The molecule has 0 atom stereocenters. The highest BCUT2D eigenvalue weighted by Gasteiger charge is 2.23. The normalized spacial score (nSPS) is 12.2. The van der Waals surface area contributed by atoms with E-state index in [0.717, 1.165) is 0 Å². The number of nitrogens with zero attached hydrogens (tertiary/aromatic N) is 1. The summed E-state index contributed by atoms with van der Waals surface area (Å²) < 4.78 is 31.8. The van der Waals surface area contributed by atoms with Crippen LogP contribution in [0.15, 0.2) is 23.1 Å². The van der Waals surface area contributed by atoms with Crippen molar-refractivity contribution in [3.05, 3.63) is 28.8 Å². The van der Waals surface area contributed by atoms with E-state index in [4.69, 9.17) is 21.6 Å². The summed E-state index contributed by atoms with van der Waals surface area (Å²) in [7, 11) is -2.28. The number of benzene rings is 1. The van der Waals surface area contributed by atoms with Crippen molar-refractivity contribution in [2.24, 2.45) is 0 Å². The summed E-state index contributed by atoms with van der Waals surface area (Å²) in [6.07, 6.45) is 0. The smallest absolute Gasteiger partial charge is 0.242 e. The van der Waals surface area contributed by atoms with Crippen LogP contribution in [-0.2, 0) is 14.8 Å². The summed E-state index contributed by atoms with van der Waals surface area (Å²) in [5, 5.41) is 8.86. The molecule has 0 spiro atoms. The lowest BCUT2D eigenvalue weighted by molar-refractivity contribution is 0.0276. The minimum atomic E-state index is -3.78. The van der Waals surface area contributed by atoms with E-state index in [0.29, 0.717) is 0 Å². The lowest BCUT2D eigenvalue weighted by Gasteiger charge is -2.23. The molecule has 0 amide bonds. The first-order valence-corrected chi connectivity index (χ1v) is 7.32. The maximum absolute atomic E-state index is 12.1. The average Bonchev–Trinajstić information content (AvgIpc) is 2.37. The Morgan fingerprint density at radius 2 is 2.11 bits per heavy atom. The molecule has 0 saturated carbocycles. The second kappa shape index (κ2) is 5.88. The number of methoxy groups -OCH3 is 1. The van der Waals surface area contributed by atoms with Gasteiger partial charge in [-0.1, -0.05) is 11.6 Å². The minimum Gasteiger partial charge on any atom is -0.377 e. The van der Waals surface area contributed by atoms with Crippen LogP contribution < -0.4 is 4.72 Å². The maximum atomic E-state index is 12.1. The monoisotopic (exact) mass is 302 g/mol. The summed E-state index contributed by atoms with van der Waals surface area (Å²) in [5.74, 6) is 0. The molecule has 1 N–H and O–H groups in total. The predicted octanol–water partition coefficient (Wildman–Crippen LogP) is 1.91. The van der Waals surface area contributed by atoms with Gasteiger partial charge in [0.05, 0.1) is 22.3 Å². The predicted molar refractivity (Wildman–Crippen MR) is 72.4 cm³/mol. The first kappa shape index (κ1) is 15.9. The Kier molecular flexibility index (Phi) is 4.93. The molecule has 0 aliphatic rings. The highest BCUT2D eigenvalue weighted by Crippen LogP contribution is 2.22. The van der Waals surface area contributed by atoms with Gasteiger partial charge in [-0.25, -0.2) is 13.1 Å². The van der Waals surface area contributed by atoms with Crippen LogP contribution in [-0.4, -0.2) is 27.7 Å². The lowest BCUT2D eigenvalue weighted by Crippen LogP contribution is -2.39. The van der Waals surface area contributed by atoms with Crippen LogP contribution in [0.5, 0.6) is 0 Å². The van der Waals surface area contributed by atoms with Crippen LogP contribution >= 0.6 is 11.6 Å². The van der Waals surface area contributed by atoms with Crippen molar-refractivity contribution in [1.29, 1.82) is 5.26 Å².